The van der Waals surface area contributed by atoms with Gasteiger partial charge in [0.1, 0.15) is 0 Å². The standard InChI is InChI=1S/C6H14S2/c1-5(2)6(3,4)8-7/h5,7H,1-4H3. The van der Waals surface area contributed by atoms with E-state index < -0.39 is 0 Å². The fourth-order valence-corrected chi connectivity index (χ4v) is 0.949. The summed E-state index contributed by atoms with van der Waals surface area (Å²) in [6.45, 7) is 8.83. The summed E-state index contributed by atoms with van der Waals surface area (Å²) in [5.41, 5.74) is 0. The van der Waals surface area contributed by atoms with Gasteiger partial charge in [-0.15, -0.1) is 11.7 Å². The molecule has 0 atom stereocenters. The molecule has 0 saturated carbocycles. The molecule has 0 saturated heterocycles. The van der Waals surface area contributed by atoms with E-state index in [9.17, 15) is 0 Å². The molecule has 8 heavy (non-hydrogen) atoms. The summed E-state index contributed by atoms with van der Waals surface area (Å²) in [6.07, 6.45) is 0. The van der Waals surface area contributed by atoms with Crippen molar-refractivity contribution in [2.24, 2.45) is 5.92 Å². The zero-order valence-electron chi connectivity index (χ0n) is 5.93. The van der Waals surface area contributed by atoms with Crippen LogP contribution in [0.3, 0.4) is 0 Å². The molecule has 0 fully saturated rings. The Kier molecular flexibility index (Phi) is 3.28. The van der Waals surface area contributed by atoms with Gasteiger partial charge in [0, 0.05) is 4.75 Å². The second-order valence-corrected chi connectivity index (χ2v) is 4.63. The smallest absolute Gasteiger partial charge is 0.0227 e. The molecule has 0 aromatic heterocycles. The molecule has 0 nitrogen and oxygen atoms in total. The van der Waals surface area contributed by atoms with Gasteiger partial charge in [-0.3, -0.25) is 0 Å². The van der Waals surface area contributed by atoms with Crippen molar-refractivity contribution in [3.05, 3.63) is 0 Å². The van der Waals surface area contributed by atoms with Crippen molar-refractivity contribution < 1.29 is 0 Å². The molecule has 2 heteroatoms. The molecule has 0 N–H and O–H groups in total. The van der Waals surface area contributed by atoms with Crippen LogP contribution in [-0.4, -0.2) is 4.75 Å². The van der Waals surface area contributed by atoms with E-state index in [0.717, 1.165) is 0 Å². The topological polar surface area (TPSA) is 0 Å². The Morgan fingerprint density at radius 1 is 1.38 bits per heavy atom. The van der Waals surface area contributed by atoms with Crippen molar-refractivity contribution in [1.82, 2.24) is 0 Å². The van der Waals surface area contributed by atoms with Gasteiger partial charge in [0.15, 0.2) is 0 Å². The number of hydrogen-bond acceptors (Lipinski definition) is 2. The summed E-state index contributed by atoms with van der Waals surface area (Å²) in [7, 11) is 1.63. The Balaban J connectivity index is 3.71. The van der Waals surface area contributed by atoms with Crippen LogP contribution in [0.25, 0.3) is 0 Å². The molecule has 0 spiro atoms. The van der Waals surface area contributed by atoms with E-state index in [2.05, 4.69) is 39.4 Å². The first kappa shape index (κ1) is 8.70. The average Bonchev–Trinajstić information content (AvgIpc) is 1.67. The van der Waals surface area contributed by atoms with Crippen LogP contribution in [0.1, 0.15) is 27.7 Å². The first-order chi connectivity index (χ1) is 3.50. The van der Waals surface area contributed by atoms with Crippen LogP contribution in [0.5, 0.6) is 0 Å². The average molecular weight is 150 g/mol. The normalized spacial score (nSPS) is 12.8. The second kappa shape index (κ2) is 3.02. The molecule has 0 radical (unpaired) electrons. The van der Waals surface area contributed by atoms with Crippen molar-refractivity contribution >= 4 is 22.5 Å². The highest BCUT2D eigenvalue weighted by Gasteiger charge is 2.20. The van der Waals surface area contributed by atoms with Crippen molar-refractivity contribution in [2.75, 3.05) is 0 Å². The van der Waals surface area contributed by atoms with Gasteiger partial charge in [0.2, 0.25) is 0 Å². The maximum atomic E-state index is 4.16. The fraction of sp³-hybridized carbons (Fsp3) is 1.00. The molecule has 0 aromatic rings. The van der Waals surface area contributed by atoms with E-state index in [4.69, 9.17) is 0 Å². The van der Waals surface area contributed by atoms with Crippen LogP contribution in [-0.2, 0) is 0 Å². The summed E-state index contributed by atoms with van der Waals surface area (Å²) in [5, 5.41) is 0. The lowest BCUT2D eigenvalue weighted by Gasteiger charge is -2.25. The Morgan fingerprint density at radius 2 is 1.75 bits per heavy atom. The predicted octanol–water partition coefficient (Wildman–Crippen LogP) is 3.00. The minimum absolute atomic E-state index is 0.323. The Hall–Kier alpha value is 0.700. The Morgan fingerprint density at radius 3 is 1.75 bits per heavy atom. The Bertz CT molecular complexity index is 66.9. The van der Waals surface area contributed by atoms with E-state index in [-0.39, 0.29) is 0 Å². The maximum absolute atomic E-state index is 4.16. The molecule has 0 aliphatic rings. The van der Waals surface area contributed by atoms with Crippen LogP contribution in [0.2, 0.25) is 0 Å². The van der Waals surface area contributed by atoms with Crippen LogP contribution >= 0.6 is 22.5 Å². The van der Waals surface area contributed by atoms with Crippen LogP contribution < -0.4 is 0 Å². The molecule has 0 amide bonds. The fourth-order valence-electron chi connectivity index (χ4n) is 0.105. The van der Waals surface area contributed by atoms with E-state index in [0.29, 0.717) is 10.7 Å². The van der Waals surface area contributed by atoms with E-state index >= 15 is 0 Å². The second-order valence-electron chi connectivity index (χ2n) is 2.85. The maximum Gasteiger partial charge on any atom is 0.0227 e. The third-order valence-electron chi connectivity index (χ3n) is 1.63. The molecule has 0 aromatic carbocycles. The molecule has 0 heterocycles. The third-order valence-corrected chi connectivity index (χ3v) is 3.98. The van der Waals surface area contributed by atoms with Crippen LogP contribution in [0.15, 0.2) is 0 Å². The number of thiol groups is 1. The summed E-state index contributed by atoms with van der Waals surface area (Å²) in [4.78, 5) is 0. The van der Waals surface area contributed by atoms with Crippen molar-refractivity contribution in [3.8, 4) is 0 Å². The number of rotatable bonds is 2. The highest BCUT2D eigenvalue weighted by Crippen LogP contribution is 2.34. The van der Waals surface area contributed by atoms with E-state index in [1.165, 1.54) is 0 Å². The zero-order chi connectivity index (χ0) is 6.78. The lowest BCUT2D eigenvalue weighted by atomic mass is 10.00. The largest absolute Gasteiger partial charge is 0.111 e. The minimum atomic E-state index is 0.323. The van der Waals surface area contributed by atoms with Gasteiger partial charge in [0.05, 0.1) is 0 Å². The first-order valence-electron chi connectivity index (χ1n) is 2.83. The predicted molar refractivity (Wildman–Crippen MR) is 45.5 cm³/mol. The van der Waals surface area contributed by atoms with Gasteiger partial charge >= 0.3 is 0 Å². The van der Waals surface area contributed by atoms with Gasteiger partial charge in [0.25, 0.3) is 0 Å². The summed E-state index contributed by atoms with van der Waals surface area (Å²) in [5.74, 6) is 0.699. The lowest BCUT2D eigenvalue weighted by Crippen LogP contribution is -2.20. The summed E-state index contributed by atoms with van der Waals surface area (Å²) >= 11 is 4.16. The van der Waals surface area contributed by atoms with Gasteiger partial charge in [-0.1, -0.05) is 24.6 Å². The minimum Gasteiger partial charge on any atom is -0.111 e. The molecular formula is C6H14S2. The molecular weight excluding hydrogens is 136 g/mol. The SMILES string of the molecule is CC(C)C(C)(C)SS. The van der Waals surface area contributed by atoms with Crippen molar-refractivity contribution in [3.63, 3.8) is 0 Å². The zero-order valence-corrected chi connectivity index (χ0v) is 7.64. The number of hydrogen-bond donors (Lipinski definition) is 1. The summed E-state index contributed by atoms with van der Waals surface area (Å²) < 4.78 is 0.323. The van der Waals surface area contributed by atoms with Gasteiger partial charge in [-0.05, 0) is 19.8 Å². The molecule has 0 aliphatic heterocycles. The first-order valence-corrected chi connectivity index (χ1v) is 4.70. The molecule has 0 rings (SSSR count). The lowest BCUT2D eigenvalue weighted by molar-refractivity contribution is 0.507. The molecule has 0 unspecified atom stereocenters. The van der Waals surface area contributed by atoms with Crippen LogP contribution in [0, 0.1) is 5.92 Å². The highest BCUT2D eigenvalue weighted by molar-refractivity contribution is 8.69. The van der Waals surface area contributed by atoms with Crippen LogP contribution in [0.4, 0.5) is 0 Å². The van der Waals surface area contributed by atoms with Gasteiger partial charge < -0.3 is 0 Å². The van der Waals surface area contributed by atoms with E-state index in [1.54, 1.807) is 10.8 Å². The Labute approximate surface area is 61.2 Å². The molecule has 50 valence electrons. The van der Waals surface area contributed by atoms with Crippen molar-refractivity contribution in [2.45, 2.75) is 32.4 Å². The molecule has 0 bridgehead atoms. The van der Waals surface area contributed by atoms with E-state index in [1.807, 2.05) is 0 Å². The highest BCUT2D eigenvalue weighted by atomic mass is 33.1. The third kappa shape index (κ3) is 2.31. The summed E-state index contributed by atoms with van der Waals surface area (Å²) in [6, 6.07) is 0. The van der Waals surface area contributed by atoms with Gasteiger partial charge in [-0.25, -0.2) is 0 Å². The quantitative estimate of drug-likeness (QED) is 0.466. The van der Waals surface area contributed by atoms with Gasteiger partial charge in [-0.2, -0.15) is 0 Å². The molecule has 0 aliphatic carbocycles. The monoisotopic (exact) mass is 150 g/mol. The van der Waals surface area contributed by atoms with Crippen molar-refractivity contribution in [1.29, 1.82) is 0 Å².